The molecule has 2 aromatic carbocycles. The van der Waals surface area contributed by atoms with E-state index in [2.05, 4.69) is 5.32 Å². The van der Waals surface area contributed by atoms with Crippen molar-refractivity contribution < 1.29 is 18.7 Å². The quantitative estimate of drug-likeness (QED) is 0.938. The molecule has 0 aliphatic heterocycles. The average Bonchev–Trinajstić information content (AvgIpc) is 2.49. The maximum atomic E-state index is 13.7. The Morgan fingerprint density at radius 3 is 2.43 bits per heavy atom. The zero-order valence-corrected chi connectivity index (χ0v) is 12.1. The van der Waals surface area contributed by atoms with E-state index in [0.29, 0.717) is 17.2 Å². The fourth-order valence-corrected chi connectivity index (χ4v) is 1.93. The van der Waals surface area contributed by atoms with Crippen LogP contribution in [0, 0.1) is 12.7 Å². The molecule has 0 bridgehead atoms. The van der Waals surface area contributed by atoms with Gasteiger partial charge in [-0.2, -0.15) is 0 Å². The second-order valence-corrected chi connectivity index (χ2v) is 4.51. The van der Waals surface area contributed by atoms with Crippen molar-refractivity contribution in [3.05, 3.63) is 53.3 Å². The SMILES string of the molecule is COc1ccc(NC(=O)c2cc(C)ccc2F)cc1OC. The molecule has 0 aliphatic carbocycles. The number of hydrogen-bond donors (Lipinski definition) is 1. The Hall–Kier alpha value is -2.56. The van der Waals surface area contributed by atoms with Crippen molar-refractivity contribution in [2.75, 3.05) is 19.5 Å². The van der Waals surface area contributed by atoms with Gasteiger partial charge >= 0.3 is 0 Å². The van der Waals surface area contributed by atoms with Crippen LogP contribution in [0.5, 0.6) is 11.5 Å². The molecule has 2 aromatic rings. The van der Waals surface area contributed by atoms with Crippen LogP contribution in [-0.2, 0) is 0 Å². The van der Waals surface area contributed by atoms with Gasteiger partial charge in [-0.1, -0.05) is 11.6 Å². The molecule has 1 N–H and O–H groups in total. The summed E-state index contributed by atoms with van der Waals surface area (Å²) in [4.78, 5) is 12.1. The molecular formula is C16H16FNO3. The van der Waals surface area contributed by atoms with Gasteiger partial charge in [-0.05, 0) is 31.2 Å². The van der Waals surface area contributed by atoms with Crippen LogP contribution < -0.4 is 14.8 Å². The highest BCUT2D eigenvalue weighted by Crippen LogP contribution is 2.30. The molecule has 0 saturated carbocycles. The lowest BCUT2D eigenvalue weighted by atomic mass is 10.1. The Balaban J connectivity index is 2.25. The normalized spacial score (nSPS) is 10.1. The first-order valence-corrected chi connectivity index (χ1v) is 6.34. The lowest BCUT2D eigenvalue weighted by Gasteiger charge is -2.11. The van der Waals surface area contributed by atoms with Crippen LogP contribution in [-0.4, -0.2) is 20.1 Å². The number of anilines is 1. The summed E-state index contributed by atoms with van der Waals surface area (Å²) in [5.74, 6) is -0.0285. The van der Waals surface area contributed by atoms with E-state index >= 15 is 0 Å². The van der Waals surface area contributed by atoms with E-state index in [9.17, 15) is 9.18 Å². The number of aryl methyl sites for hydroxylation is 1. The molecule has 0 spiro atoms. The summed E-state index contributed by atoms with van der Waals surface area (Å²) in [5, 5.41) is 2.64. The summed E-state index contributed by atoms with van der Waals surface area (Å²) in [7, 11) is 3.03. The number of benzene rings is 2. The molecule has 0 fully saturated rings. The second kappa shape index (κ2) is 6.26. The monoisotopic (exact) mass is 289 g/mol. The first-order valence-electron chi connectivity index (χ1n) is 6.34. The molecule has 0 heterocycles. The van der Waals surface area contributed by atoms with E-state index in [1.165, 1.54) is 26.4 Å². The molecule has 110 valence electrons. The van der Waals surface area contributed by atoms with Gasteiger partial charge in [0.05, 0.1) is 19.8 Å². The molecule has 0 unspecified atom stereocenters. The highest BCUT2D eigenvalue weighted by Gasteiger charge is 2.13. The molecule has 1 amide bonds. The average molecular weight is 289 g/mol. The number of halogens is 1. The first-order chi connectivity index (χ1) is 10.0. The molecular weight excluding hydrogens is 273 g/mol. The van der Waals surface area contributed by atoms with Gasteiger partial charge in [-0.3, -0.25) is 4.79 Å². The second-order valence-electron chi connectivity index (χ2n) is 4.51. The molecule has 0 radical (unpaired) electrons. The summed E-state index contributed by atoms with van der Waals surface area (Å²) in [6.07, 6.45) is 0. The summed E-state index contributed by atoms with van der Waals surface area (Å²) in [6, 6.07) is 9.34. The van der Waals surface area contributed by atoms with Gasteiger partial charge in [0.2, 0.25) is 0 Å². The fraction of sp³-hybridized carbons (Fsp3) is 0.188. The van der Waals surface area contributed by atoms with Crippen molar-refractivity contribution >= 4 is 11.6 Å². The zero-order valence-electron chi connectivity index (χ0n) is 12.1. The Morgan fingerprint density at radius 2 is 1.76 bits per heavy atom. The molecule has 0 aromatic heterocycles. The Bertz CT molecular complexity index is 671. The Morgan fingerprint density at radius 1 is 1.05 bits per heavy atom. The van der Waals surface area contributed by atoms with Crippen LogP contribution in [0.25, 0.3) is 0 Å². The van der Waals surface area contributed by atoms with Crippen LogP contribution in [0.15, 0.2) is 36.4 Å². The fourth-order valence-electron chi connectivity index (χ4n) is 1.93. The lowest BCUT2D eigenvalue weighted by Crippen LogP contribution is -2.14. The van der Waals surface area contributed by atoms with Crippen LogP contribution >= 0.6 is 0 Å². The maximum Gasteiger partial charge on any atom is 0.258 e. The highest BCUT2D eigenvalue weighted by molar-refractivity contribution is 6.04. The Labute approximate surface area is 122 Å². The minimum absolute atomic E-state index is 0.00443. The topological polar surface area (TPSA) is 47.6 Å². The van der Waals surface area contributed by atoms with E-state index in [1.54, 1.807) is 31.2 Å². The van der Waals surface area contributed by atoms with Crippen LogP contribution in [0.3, 0.4) is 0 Å². The number of amides is 1. The van der Waals surface area contributed by atoms with E-state index in [1.807, 2.05) is 0 Å². The van der Waals surface area contributed by atoms with Crippen molar-refractivity contribution in [2.24, 2.45) is 0 Å². The molecule has 4 nitrogen and oxygen atoms in total. The minimum Gasteiger partial charge on any atom is -0.493 e. The van der Waals surface area contributed by atoms with Crippen molar-refractivity contribution in [3.8, 4) is 11.5 Å². The van der Waals surface area contributed by atoms with Gasteiger partial charge in [-0.15, -0.1) is 0 Å². The number of hydrogen-bond acceptors (Lipinski definition) is 3. The number of rotatable bonds is 4. The van der Waals surface area contributed by atoms with E-state index in [4.69, 9.17) is 9.47 Å². The molecule has 2 rings (SSSR count). The van der Waals surface area contributed by atoms with Crippen LogP contribution in [0.1, 0.15) is 15.9 Å². The van der Waals surface area contributed by atoms with Gasteiger partial charge in [0.15, 0.2) is 11.5 Å². The van der Waals surface area contributed by atoms with Gasteiger partial charge in [0.25, 0.3) is 5.91 Å². The number of carbonyl (C=O) groups excluding carboxylic acids is 1. The lowest BCUT2D eigenvalue weighted by molar-refractivity contribution is 0.102. The van der Waals surface area contributed by atoms with Crippen molar-refractivity contribution in [3.63, 3.8) is 0 Å². The largest absolute Gasteiger partial charge is 0.493 e. The first kappa shape index (κ1) is 14.8. The third kappa shape index (κ3) is 3.31. The van der Waals surface area contributed by atoms with Gasteiger partial charge in [-0.25, -0.2) is 4.39 Å². The third-order valence-corrected chi connectivity index (χ3v) is 3.01. The Kier molecular flexibility index (Phi) is 4.42. The van der Waals surface area contributed by atoms with Crippen LogP contribution in [0.4, 0.5) is 10.1 Å². The zero-order chi connectivity index (χ0) is 15.4. The van der Waals surface area contributed by atoms with Crippen molar-refractivity contribution in [1.29, 1.82) is 0 Å². The third-order valence-electron chi connectivity index (χ3n) is 3.01. The summed E-state index contributed by atoms with van der Waals surface area (Å²) >= 11 is 0. The van der Waals surface area contributed by atoms with Gasteiger partial charge < -0.3 is 14.8 Å². The number of ether oxygens (including phenoxy) is 2. The molecule has 0 aliphatic rings. The van der Waals surface area contributed by atoms with Gasteiger partial charge in [0.1, 0.15) is 5.82 Å². The standard InChI is InChI=1S/C16H16FNO3/c1-10-4-6-13(17)12(8-10)16(19)18-11-5-7-14(20-2)15(9-11)21-3/h4-9H,1-3H3,(H,18,19). The van der Waals surface area contributed by atoms with Gasteiger partial charge in [0, 0.05) is 11.8 Å². The predicted molar refractivity (Wildman–Crippen MR) is 78.6 cm³/mol. The highest BCUT2D eigenvalue weighted by atomic mass is 19.1. The van der Waals surface area contributed by atoms with Crippen LogP contribution in [0.2, 0.25) is 0 Å². The molecule has 21 heavy (non-hydrogen) atoms. The van der Waals surface area contributed by atoms with E-state index in [-0.39, 0.29) is 5.56 Å². The summed E-state index contributed by atoms with van der Waals surface area (Å²) in [6.45, 7) is 1.80. The summed E-state index contributed by atoms with van der Waals surface area (Å²) < 4.78 is 24.0. The molecule has 0 atom stereocenters. The molecule has 0 saturated heterocycles. The van der Waals surface area contributed by atoms with E-state index in [0.717, 1.165) is 5.56 Å². The van der Waals surface area contributed by atoms with Crippen molar-refractivity contribution in [1.82, 2.24) is 0 Å². The summed E-state index contributed by atoms with van der Waals surface area (Å²) in [5.41, 5.74) is 1.32. The minimum atomic E-state index is -0.557. The number of nitrogens with one attached hydrogen (secondary N) is 1. The molecule has 5 heteroatoms. The predicted octanol–water partition coefficient (Wildman–Crippen LogP) is 3.40. The maximum absolute atomic E-state index is 13.7. The number of carbonyl (C=O) groups is 1. The smallest absolute Gasteiger partial charge is 0.258 e. The van der Waals surface area contributed by atoms with Crippen molar-refractivity contribution in [2.45, 2.75) is 6.92 Å². The number of methoxy groups -OCH3 is 2. The van der Waals surface area contributed by atoms with E-state index < -0.39 is 11.7 Å².